The normalized spacial score (nSPS) is 12.0. The molecule has 0 aromatic carbocycles. The van der Waals surface area contributed by atoms with E-state index in [-0.39, 0.29) is 31.1 Å². The predicted molar refractivity (Wildman–Crippen MR) is 261 cm³/mol. The predicted octanol–water partition coefficient (Wildman–Crippen LogP) is 17.8. The SMILES string of the molecule is CCCCCCCC/C=C\CCCCCCCC(=O)OC(COC(=O)CCCCCCCCCCC)COC(=O)CCCCCCCCCCCCCCCCCCCCC. The molecule has 360 valence electrons. The molecule has 0 heterocycles. The summed E-state index contributed by atoms with van der Waals surface area (Å²) in [6.45, 7) is 6.65. The maximum atomic E-state index is 12.8. The zero-order valence-corrected chi connectivity index (χ0v) is 41.2. The third kappa shape index (κ3) is 49.0. The van der Waals surface area contributed by atoms with Crippen LogP contribution in [-0.4, -0.2) is 37.2 Å². The summed E-state index contributed by atoms with van der Waals surface area (Å²) < 4.78 is 16.8. The highest BCUT2D eigenvalue weighted by Gasteiger charge is 2.19. The van der Waals surface area contributed by atoms with E-state index in [1.807, 2.05) is 0 Å². The number of rotatable bonds is 50. The first-order valence-electron chi connectivity index (χ1n) is 27.2. The Labute approximate surface area is 380 Å². The van der Waals surface area contributed by atoms with Gasteiger partial charge in [0.25, 0.3) is 0 Å². The molecule has 0 bridgehead atoms. The highest BCUT2D eigenvalue weighted by Crippen LogP contribution is 2.17. The molecule has 0 aliphatic rings. The van der Waals surface area contributed by atoms with Crippen molar-refractivity contribution in [2.24, 2.45) is 0 Å². The average Bonchev–Trinajstić information content (AvgIpc) is 3.26. The van der Waals surface area contributed by atoms with Gasteiger partial charge in [0, 0.05) is 19.3 Å². The quantitative estimate of drug-likeness (QED) is 0.0262. The second-order valence-electron chi connectivity index (χ2n) is 18.5. The molecule has 0 aromatic heterocycles. The summed E-state index contributed by atoms with van der Waals surface area (Å²) in [7, 11) is 0. The Kier molecular flexibility index (Phi) is 49.3. The molecular weight excluding hydrogens is 757 g/mol. The van der Waals surface area contributed by atoms with E-state index < -0.39 is 6.10 Å². The van der Waals surface area contributed by atoms with Gasteiger partial charge in [-0.25, -0.2) is 0 Å². The van der Waals surface area contributed by atoms with Crippen molar-refractivity contribution >= 4 is 17.9 Å². The number of allylic oxidation sites excluding steroid dienone is 2. The van der Waals surface area contributed by atoms with Gasteiger partial charge >= 0.3 is 17.9 Å². The van der Waals surface area contributed by atoms with Crippen LogP contribution in [0.5, 0.6) is 0 Å². The van der Waals surface area contributed by atoms with E-state index in [1.54, 1.807) is 0 Å². The maximum absolute atomic E-state index is 12.8. The molecule has 0 aliphatic carbocycles. The van der Waals surface area contributed by atoms with Gasteiger partial charge in [-0.1, -0.05) is 251 Å². The van der Waals surface area contributed by atoms with Gasteiger partial charge in [0.15, 0.2) is 6.10 Å². The highest BCUT2D eigenvalue weighted by molar-refractivity contribution is 5.71. The van der Waals surface area contributed by atoms with Crippen molar-refractivity contribution in [1.82, 2.24) is 0 Å². The van der Waals surface area contributed by atoms with Gasteiger partial charge in [0.05, 0.1) is 0 Å². The van der Waals surface area contributed by atoms with Crippen molar-refractivity contribution in [3.8, 4) is 0 Å². The fourth-order valence-corrected chi connectivity index (χ4v) is 8.14. The van der Waals surface area contributed by atoms with E-state index in [0.29, 0.717) is 19.3 Å². The monoisotopic (exact) mass is 861 g/mol. The van der Waals surface area contributed by atoms with E-state index in [2.05, 4.69) is 32.9 Å². The van der Waals surface area contributed by atoms with Crippen LogP contribution in [0.2, 0.25) is 0 Å². The summed E-state index contributed by atoms with van der Waals surface area (Å²) in [5.74, 6) is -0.861. The van der Waals surface area contributed by atoms with Crippen LogP contribution in [0.3, 0.4) is 0 Å². The Bertz CT molecular complexity index is 947. The van der Waals surface area contributed by atoms with Crippen LogP contribution in [0.4, 0.5) is 0 Å². The van der Waals surface area contributed by atoms with Crippen molar-refractivity contribution in [2.45, 2.75) is 309 Å². The average molecular weight is 861 g/mol. The molecule has 1 unspecified atom stereocenters. The summed E-state index contributed by atoms with van der Waals surface area (Å²) in [5, 5.41) is 0. The lowest BCUT2D eigenvalue weighted by atomic mass is 10.0. The topological polar surface area (TPSA) is 78.9 Å². The van der Waals surface area contributed by atoms with Crippen molar-refractivity contribution in [3.05, 3.63) is 12.2 Å². The van der Waals surface area contributed by atoms with Crippen LogP contribution in [0.25, 0.3) is 0 Å². The molecule has 0 amide bonds. The number of hydrogen-bond donors (Lipinski definition) is 0. The number of hydrogen-bond acceptors (Lipinski definition) is 6. The Morgan fingerprint density at radius 3 is 0.820 bits per heavy atom. The van der Waals surface area contributed by atoms with Crippen LogP contribution in [0.1, 0.15) is 303 Å². The molecular formula is C55H104O6. The van der Waals surface area contributed by atoms with Crippen LogP contribution in [-0.2, 0) is 28.6 Å². The van der Waals surface area contributed by atoms with Gasteiger partial charge in [0.1, 0.15) is 13.2 Å². The number of unbranched alkanes of at least 4 members (excludes halogenated alkanes) is 37. The lowest BCUT2D eigenvalue weighted by Gasteiger charge is -2.18. The third-order valence-electron chi connectivity index (χ3n) is 12.3. The minimum atomic E-state index is -0.767. The fraction of sp³-hybridized carbons (Fsp3) is 0.909. The first-order valence-corrected chi connectivity index (χ1v) is 27.2. The van der Waals surface area contributed by atoms with Gasteiger partial charge in [-0.2, -0.15) is 0 Å². The molecule has 0 fully saturated rings. The number of esters is 3. The lowest BCUT2D eigenvalue weighted by Crippen LogP contribution is -2.30. The van der Waals surface area contributed by atoms with E-state index in [4.69, 9.17) is 14.2 Å². The van der Waals surface area contributed by atoms with Crippen LogP contribution < -0.4 is 0 Å². The summed E-state index contributed by atoms with van der Waals surface area (Å²) >= 11 is 0. The van der Waals surface area contributed by atoms with E-state index in [0.717, 1.165) is 64.2 Å². The number of ether oxygens (including phenoxy) is 3. The van der Waals surface area contributed by atoms with Gasteiger partial charge in [-0.05, 0) is 44.9 Å². The number of carbonyl (C=O) groups excluding carboxylic acids is 3. The van der Waals surface area contributed by atoms with Gasteiger partial charge < -0.3 is 14.2 Å². The van der Waals surface area contributed by atoms with E-state index in [1.165, 1.54) is 199 Å². The summed E-state index contributed by atoms with van der Waals surface area (Å²) in [4.78, 5) is 37.9. The Balaban J connectivity index is 4.24. The van der Waals surface area contributed by atoms with Gasteiger partial charge in [-0.3, -0.25) is 14.4 Å². The third-order valence-corrected chi connectivity index (χ3v) is 12.3. The second kappa shape index (κ2) is 50.8. The molecule has 0 saturated heterocycles. The minimum Gasteiger partial charge on any atom is -0.462 e. The molecule has 0 N–H and O–H groups in total. The zero-order chi connectivity index (χ0) is 44.4. The summed E-state index contributed by atoms with van der Waals surface area (Å²) in [5.41, 5.74) is 0. The molecule has 61 heavy (non-hydrogen) atoms. The lowest BCUT2D eigenvalue weighted by molar-refractivity contribution is -0.167. The molecule has 6 heteroatoms. The van der Waals surface area contributed by atoms with Crippen LogP contribution in [0.15, 0.2) is 12.2 Å². The molecule has 0 saturated carbocycles. The molecule has 0 radical (unpaired) electrons. The van der Waals surface area contributed by atoms with E-state index in [9.17, 15) is 14.4 Å². The molecule has 0 aliphatic heterocycles. The minimum absolute atomic E-state index is 0.0681. The molecule has 0 rings (SSSR count). The number of carbonyl (C=O) groups is 3. The first-order chi connectivity index (χ1) is 30.0. The van der Waals surface area contributed by atoms with Crippen LogP contribution in [0, 0.1) is 0 Å². The van der Waals surface area contributed by atoms with Crippen molar-refractivity contribution in [3.63, 3.8) is 0 Å². The Morgan fingerprint density at radius 1 is 0.311 bits per heavy atom. The largest absolute Gasteiger partial charge is 0.462 e. The molecule has 0 aromatic rings. The summed E-state index contributed by atoms with van der Waals surface area (Å²) in [6.07, 6.45) is 56.3. The standard InChI is InChI=1S/C55H104O6/c1-4-7-10-13-16-19-21-23-25-26-27-28-30-31-33-36-39-42-45-48-54(57)60-51-52(50-59-53(56)47-44-41-38-35-18-15-12-9-6-3)61-55(58)49-46-43-40-37-34-32-29-24-22-20-17-14-11-8-5-2/h24,29,52H,4-23,25-28,30-51H2,1-3H3/b29-24-. The molecule has 6 nitrogen and oxygen atoms in total. The van der Waals surface area contributed by atoms with E-state index >= 15 is 0 Å². The Hall–Kier alpha value is -1.85. The first kappa shape index (κ1) is 59.1. The molecule has 0 spiro atoms. The van der Waals surface area contributed by atoms with Crippen LogP contribution >= 0.6 is 0 Å². The zero-order valence-electron chi connectivity index (χ0n) is 41.2. The Morgan fingerprint density at radius 2 is 0.541 bits per heavy atom. The smallest absolute Gasteiger partial charge is 0.306 e. The van der Waals surface area contributed by atoms with Gasteiger partial charge in [-0.15, -0.1) is 0 Å². The van der Waals surface area contributed by atoms with Crippen molar-refractivity contribution in [1.29, 1.82) is 0 Å². The fourth-order valence-electron chi connectivity index (χ4n) is 8.14. The molecule has 1 atom stereocenters. The second-order valence-corrected chi connectivity index (χ2v) is 18.5. The summed E-state index contributed by atoms with van der Waals surface area (Å²) in [6, 6.07) is 0. The highest BCUT2D eigenvalue weighted by atomic mass is 16.6. The van der Waals surface area contributed by atoms with Crippen molar-refractivity contribution < 1.29 is 28.6 Å². The van der Waals surface area contributed by atoms with Gasteiger partial charge in [0.2, 0.25) is 0 Å². The maximum Gasteiger partial charge on any atom is 0.306 e. The van der Waals surface area contributed by atoms with Crippen molar-refractivity contribution in [2.75, 3.05) is 13.2 Å².